The molecule has 3 N–H and O–H groups in total. The van der Waals surface area contributed by atoms with Gasteiger partial charge in [-0.1, -0.05) is 25.5 Å². The number of ketones is 2. The number of aliphatic hydroxyl groups is 2. The summed E-state index contributed by atoms with van der Waals surface area (Å²) in [6.45, 7) is 3.59. The molecule has 3 fully saturated rings. The van der Waals surface area contributed by atoms with Crippen molar-refractivity contribution in [3.05, 3.63) is 48.0 Å². The van der Waals surface area contributed by atoms with Gasteiger partial charge in [-0.25, -0.2) is 0 Å². The second-order valence-corrected chi connectivity index (χ2v) is 12.1. The van der Waals surface area contributed by atoms with Crippen LogP contribution < -0.4 is 5.32 Å². The minimum atomic E-state index is -1.72. The maximum atomic E-state index is 13.3. The molecule has 4 aliphatic carbocycles. The van der Waals surface area contributed by atoms with Gasteiger partial charge in [-0.15, -0.1) is 0 Å². The van der Waals surface area contributed by atoms with Crippen LogP contribution in [0.5, 0.6) is 0 Å². The summed E-state index contributed by atoms with van der Waals surface area (Å²) in [6, 6.07) is 3.44. The van der Waals surface area contributed by atoms with Crippen molar-refractivity contribution in [3.8, 4) is 0 Å². The Morgan fingerprint density at radius 2 is 2.00 bits per heavy atom. The van der Waals surface area contributed by atoms with Crippen molar-refractivity contribution >= 4 is 23.4 Å². The number of rotatable bonds is 8. The summed E-state index contributed by atoms with van der Waals surface area (Å²) in [5, 5.41) is 25.8. The fourth-order valence-corrected chi connectivity index (χ4v) is 8.03. The molecule has 0 saturated heterocycles. The van der Waals surface area contributed by atoms with Crippen LogP contribution in [-0.4, -0.2) is 52.0 Å². The van der Waals surface area contributed by atoms with Gasteiger partial charge < -0.3 is 24.7 Å². The third-order valence-electron chi connectivity index (χ3n) is 10.1. The summed E-state index contributed by atoms with van der Waals surface area (Å²) in [4.78, 5) is 49.6. The Hall–Kier alpha value is -3.04. The predicted molar refractivity (Wildman–Crippen MR) is 139 cm³/mol. The minimum absolute atomic E-state index is 0.0119. The Balaban J connectivity index is 1.19. The van der Waals surface area contributed by atoms with E-state index in [0.29, 0.717) is 12.2 Å². The number of carbonyl (C=O) groups is 4. The van der Waals surface area contributed by atoms with Gasteiger partial charge >= 0.3 is 5.97 Å². The number of esters is 1. The van der Waals surface area contributed by atoms with Gasteiger partial charge in [0.05, 0.1) is 25.3 Å². The molecule has 5 rings (SSSR count). The topological polar surface area (TPSA) is 143 Å². The lowest BCUT2D eigenvalue weighted by atomic mass is 9.46. The van der Waals surface area contributed by atoms with Crippen molar-refractivity contribution in [1.29, 1.82) is 0 Å². The maximum Gasteiger partial charge on any atom is 0.306 e. The molecule has 4 aliphatic rings. The van der Waals surface area contributed by atoms with Gasteiger partial charge in [-0.3, -0.25) is 19.2 Å². The number of aliphatic hydroxyl groups excluding tert-OH is 1. The van der Waals surface area contributed by atoms with Gasteiger partial charge in [-0.2, -0.15) is 0 Å². The lowest BCUT2D eigenvalue weighted by Crippen LogP contribution is -2.61. The average molecular weight is 540 g/mol. The Kier molecular flexibility index (Phi) is 7.18. The van der Waals surface area contributed by atoms with Crippen molar-refractivity contribution in [1.82, 2.24) is 5.32 Å². The second kappa shape index (κ2) is 10.2. The molecule has 1 aromatic rings. The number of Topliss-reactive ketones (excluding diaryl/α,β-unsaturated/α-hetero) is 1. The highest BCUT2D eigenvalue weighted by Gasteiger charge is 2.68. The second-order valence-electron chi connectivity index (χ2n) is 12.1. The number of nitrogens with one attached hydrogen (secondary N) is 1. The molecule has 0 spiro atoms. The molecule has 1 amide bonds. The number of hydrogen-bond donors (Lipinski definition) is 3. The number of allylic oxidation sites excluding steroid dienone is 4. The molecular weight excluding hydrogens is 502 g/mol. The van der Waals surface area contributed by atoms with Gasteiger partial charge in [0.15, 0.2) is 12.4 Å². The molecule has 210 valence electrons. The van der Waals surface area contributed by atoms with E-state index in [2.05, 4.69) is 12.2 Å². The van der Waals surface area contributed by atoms with Crippen molar-refractivity contribution in [2.45, 2.75) is 77.0 Å². The van der Waals surface area contributed by atoms with Crippen molar-refractivity contribution in [2.75, 3.05) is 6.61 Å². The van der Waals surface area contributed by atoms with Crippen LogP contribution in [-0.2, 0) is 30.5 Å². The highest BCUT2D eigenvalue weighted by molar-refractivity contribution is 6.01. The zero-order chi connectivity index (χ0) is 28.0. The van der Waals surface area contributed by atoms with Gasteiger partial charge in [-0.05, 0) is 68.2 Å². The van der Waals surface area contributed by atoms with Gasteiger partial charge in [0, 0.05) is 23.2 Å². The van der Waals surface area contributed by atoms with E-state index in [9.17, 15) is 29.4 Å². The van der Waals surface area contributed by atoms with Crippen molar-refractivity contribution < 1.29 is 38.5 Å². The summed E-state index contributed by atoms with van der Waals surface area (Å²) in [6.07, 6.45) is 8.30. The molecule has 9 nitrogen and oxygen atoms in total. The molecule has 1 heterocycles. The van der Waals surface area contributed by atoms with Crippen molar-refractivity contribution in [3.63, 3.8) is 0 Å². The third-order valence-corrected chi connectivity index (χ3v) is 10.1. The predicted octanol–water partition coefficient (Wildman–Crippen LogP) is 2.80. The van der Waals surface area contributed by atoms with Crippen LogP contribution >= 0.6 is 0 Å². The Morgan fingerprint density at radius 3 is 2.74 bits per heavy atom. The van der Waals surface area contributed by atoms with Gasteiger partial charge in [0.1, 0.15) is 11.4 Å². The number of fused-ring (bicyclic) bond motifs is 5. The monoisotopic (exact) mass is 539 g/mol. The normalized spacial score (nSPS) is 36.8. The molecule has 0 aromatic carbocycles. The number of hydrogen-bond acceptors (Lipinski definition) is 8. The SMILES string of the molecule is C[C@]12C=CC(=O)C=C1CC[C@H]1[C@H]2[C@H](O)C[C@]2(C)[C@@H]1CC[C@@]2(O)C(=O)COC(=O)CCC(=O)NCc1ccco1. The van der Waals surface area contributed by atoms with Crippen LogP contribution in [0.3, 0.4) is 0 Å². The fraction of sp³-hybridized carbons (Fsp3) is 0.600. The third kappa shape index (κ3) is 4.69. The first-order valence-corrected chi connectivity index (χ1v) is 13.8. The van der Waals surface area contributed by atoms with Crippen LogP contribution in [0.25, 0.3) is 0 Å². The number of ether oxygens (including phenoxy) is 1. The average Bonchev–Trinajstić information content (AvgIpc) is 3.51. The maximum absolute atomic E-state index is 13.3. The molecule has 39 heavy (non-hydrogen) atoms. The molecule has 0 aliphatic heterocycles. The van der Waals surface area contributed by atoms with Crippen LogP contribution in [0.4, 0.5) is 0 Å². The van der Waals surface area contributed by atoms with E-state index in [4.69, 9.17) is 9.15 Å². The fourth-order valence-electron chi connectivity index (χ4n) is 8.03. The van der Waals surface area contributed by atoms with Crippen molar-refractivity contribution in [2.24, 2.45) is 28.6 Å². The Morgan fingerprint density at radius 1 is 1.21 bits per heavy atom. The molecule has 0 unspecified atom stereocenters. The highest BCUT2D eigenvalue weighted by atomic mass is 16.5. The molecule has 1 aromatic heterocycles. The zero-order valence-corrected chi connectivity index (χ0v) is 22.5. The molecule has 9 heteroatoms. The minimum Gasteiger partial charge on any atom is -0.467 e. The lowest BCUT2D eigenvalue weighted by molar-refractivity contribution is -0.181. The van der Waals surface area contributed by atoms with E-state index >= 15 is 0 Å². The number of carbonyl (C=O) groups excluding carboxylic acids is 4. The van der Waals surface area contributed by atoms with Crippen LogP contribution in [0.1, 0.15) is 64.6 Å². The van der Waals surface area contributed by atoms with Crippen LogP contribution in [0.15, 0.2) is 46.6 Å². The summed E-state index contributed by atoms with van der Waals surface area (Å²) < 4.78 is 10.3. The van der Waals surface area contributed by atoms with E-state index < -0.39 is 40.9 Å². The first-order valence-electron chi connectivity index (χ1n) is 13.8. The standard InChI is InChI=1S/C30H37NO8/c1-28-11-9-19(32)14-18(28)5-6-21-22-10-12-30(37,29(22,2)15-23(33)27(21)28)24(34)17-39-26(36)8-7-25(35)31-16-20-4-3-13-38-20/h3-4,9,11,13-14,21-23,27,33,37H,5-8,10,12,15-17H2,1-2H3,(H,31,35)/t21-,22-,23-,27+,28+,29-,30-/m1/s1. The van der Waals surface area contributed by atoms with Crippen LogP contribution in [0, 0.1) is 28.6 Å². The number of furan rings is 1. The molecule has 7 atom stereocenters. The first-order chi connectivity index (χ1) is 18.5. The molecule has 3 saturated carbocycles. The van der Waals surface area contributed by atoms with Gasteiger partial charge in [0.2, 0.25) is 11.7 Å². The summed E-state index contributed by atoms with van der Waals surface area (Å²) in [5.41, 5.74) is -1.97. The first kappa shape index (κ1) is 27.5. The molecule has 0 bridgehead atoms. The highest BCUT2D eigenvalue weighted by Crippen LogP contribution is 2.67. The van der Waals surface area contributed by atoms with E-state index in [1.54, 1.807) is 24.3 Å². The Bertz CT molecular complexity index is 1220. The zero-order valence-electron chi connectivity index (χ0n) is 22.5. The van der Waals surface area contributed by atoms with Gasteiger partial charge in [0.25, 0.3) is 0 Å². The quantitative estimate of drug-likeness (QED) is 0.428. The lowest BCUT2D eigenvalue weighted by Gasteiger charge is -2.59. The van der Waals surface area contributed by atoms with E-state index in [-0.39, 0.29) is 61.7 Å². The van der Waals surface area contributed by atoms with E-state index in [1.807, 2.05) is 13.0 Å². The molecule has 0 radical (unpaired) electrons. The summed E-state index contributed by atoms with van der Waals surface area (Å²) in [5.74, 6) is -1.05. The molecular formula is C30H37NO8. The van der Waals surface area contributed by atoms with E-state index in [0.717, 1.165) is 18.4 Å². The van der Waals surface area contributed by atoms with E-state index in [1.165, 1.54) is 6.26 Å². The van der Waals surface area contributed by atoms with Crippen LogP contribution in [0.2, 0.25) is 0 Å². The Labute approximate surface area is 227 Å². The summed E-state index contributed by atoms with van der Waals surface area (Å²) >= 11 is 0. The largest absolute Gasteiger partial charge is 0.467 e. The smallest absolute Gasteiger partial charge is 0.306 e. The number of amides is 1. The summed E-state index contributed by atoms with van der Waals surface area (Å²) in [7, 11) is 0.